The Hall–Kier alpha value is -0.330. The number of unbranched alkanes of at least 4 members (excludes halogenated alkanes) is 11. The van der Waals surface area contributed by atoms with Crippen LogP contribution in [0.4, 0.5) is 0 Å². The number of hydrogen-bond donors (Lipinski definition) is 0. The molecule has 1 aliphatic carbocycles. The second-order valence-corrected chi connectivity index (χ2v) is 6.62. The van der Waals surface area contributed by atoms with Gasteiger partial charge in [-0.15, -0.1) is 0 Å². The number of carbonyl (C=O) groups excluding carboxylic acids is 1. The highest BCUT2D eigenvalue weighted by Crippen LogP contribution is 2.47. The summed E-state index contributed by atoms with van der Waals surface area (Å²) in [6.07, 6.45) is 21.5. The van der Waals surface area contributed by atoms with Gasteiger partial charge in [-0.25, -0.2) is 0 Å². The molecule has 1 fully saturated rings. The van der Waals surface area contributed by atoms with E-state index < -0.39 is 0 Å². The third-order valence-corrected chi connectivity index (χ3v) is 4.67. The largest absolute Gasteiger partial charge is 0.303 e. The van der Waals surface area contributed by atoms with Gasteiger partial charge in [0.25, 0.3) is 0 Å². The van der Waals surface area contributed by atoms with E-state index >= 15 is 0 Å². The Bertz CT molecular complexity index is 218. The Morgan fingerprint density at radius 2 is 1.16 bits per heavy atom. The highest BCUT2D eigenvalue weighted by atomic mass is 16.1. The van der Waals surface area contributed by atoms with Crippen LogP contribution in [-0.2, 0) is 4.79 Å². The van der Waals surface area contributed by atoms with E-state index in [0.717, 1.165) is 19.3 Å². The van der Waals surface area contributed by atoms with E-state index in [0.29, 0.717) is 0 Å². The standard InChI is InChI=1S/C18H34O/c1-2-3-4-5-6-7-8-9-10-11-12-13-14-18(17-19)15-16-18/h17H,2-16H2,1H3. The normalized spacial score (nSPS) is 16.5. The fourth-order valence-electron chi connectivity index (χ4n) is 2.91. The lowest BCUT2D eigenvalue weighted by atomic mass is 9.99. The maximum Gasteiger partial charge on any atom is 0.126 e. The van der Waals surface area contributed by atoms with Gasteiger partial charge in [-0.3, -0.25) is 0 Å². The van der Waals surface area contributed by atoms with Gasteiger partial charge in [0.2, 0.25) is 0 Å². The van der Waals surface area contributed by atoms with E-state index in [1.165, 1.54) is 83.3 Å². The van der Waals surface area contributed by atoms with E-state index in [2.05, 4.69) is 6.92 Å². The average Bonchev–Trinajstić information content (AvgIpc) is 3.21. The maximum absolute atomic E-state index is 10.8. The molecular formula is C18H34O. The highest BCUT2D eigenvalue weighted by Gasteiger charge is 2.41. The van der Waals surface area contributed by atoms with Gasteiger partial charge in [0, 0.05) is 5.41 Å². The first-order valence-electron chi connectivity index (χ1n) is 8.79. The predicted octanol–water partition coefficient (Wildman–Crippen LogP) is 6.06. The molecule has 0 unspecified atom stereocenters. The average molecular weight is 266 g/mol. The van der Waals surface area contributed by atoms with Gasteiger partial charge in [0.15, 0.2) is 0 Å². The van der Waals surface area contributed by atoms with Crippen molar-refractivity contribution in [3.8, 4) is 0 Å². The molecule has 0 N–H and O–H groups in total. The van der Waals surface area contributed by atoms with E-state index in [-0.39, 0.29) is 5.41 Å². The summed E-state index contributed by atoms with van der Waals surface area (Å²) in [5.41, 5.74) is 0.151. The zero-order valence-electron chi connectivity index (χ0n) is 13.1. The van der Waals surface area contributed by atoms with Crippen LogP contribution in [0.15, 0.2) is 0 Å². The summed E-state index contributed by atoms with van der Waals surface area (Å²) >= 11 is 0. The Labute approximate surface area is 120 Å². The number of hydrogen-bond acceptors (Lipinski definition) is 1. The minimum Gasteiger partial charge on any atom is -0.303 e. The Morgan fingerprint density at radius 1 is 0.737 bits per heavy atom. The first-order chi connectivity index (χ1) is 9.33. The molecule has 1 saturated carbocycles. The number of aldehydes is 1. The molecule has 1 nitrogen and oxygen atoms in total. The van der Waals surface area contributed by atoms with Crippen molar-refractivity contribution < 1.29 is 4.79 Å². The molecule has 0 aromatic carbocycles. The second kappa shape index (κ2) is 10.5. The molecule has 1 rings (SSSR count). The van der Waals surface area contributed by atoms with Gasteiger partial charge in [-0.2, -0.15) is 0 Å². The van der Waals surface area contributed by atoms with Crippen LogP contribution < -0.4 is 0 Å². The van der Waals surface area contributed by atoms with Gasteiger partial charge in [-0.1, -0.05) is 84.0 Å². The third-order valence-electron chi connectivity index (χ3n) is 4.67. The molecule has 0 saturated heterocycles. The Morgan fingerprint density at radius 3 is 1.53 bits per heavy atom. The van der Waals surface area contributed by atoms with Crippen molar-refractivity contribution in [3.63, 3.8) is 0 Å². The van der Waals surface area contributed by atoms with E-state index in [9.17, 15) is 4.79 Å². The fraction of sp³-hybridized carbons (Fsp3) is 0.944. The van der Waals surface area contributed by atoms with Crippen LogP contribution >= 0.6 is 0 Å². The summed E-state index contributed by atoms with van der Waals surface area (Å²) in [6, 6.07) is 0. The van der Waals surface area contributed by atoms with Crippen LogP contribution in [0.25, 0.3) is 0 Å². The number of rotatable bonds is 14. The summed E-state index contributed by atoms with van der Waals surface area (Å²) in [4.78, 5) is 10.8. The summed E-state index contributed by atoms with van der Waals surface area (Å²) in [7, 11) is 0. The second-order valence-electron chi connectivity index (χ2n) is 6.62. The molecule has 0 atom stereocenters. The first-order valence-corrected chi connectivity index (χ1v) is 8.79. The minimum atomic E-state index is 0.151. The molecule has 0 radical (unpaired) electrons. The summed E-state index contributed by atoms with van der Waals surface area (Å²) in [6.45, 7) is 2.28. The van der Waals surface area contributed by atoms with Crippen LogP contribution in [0.2, 0.25) is 0 Å². The van der Waals surface area contributed by atoms with Gasteiger partial charge in [0.05, 0.1) is 0 Å². The van der Waals surface area contributed by atoms with Crippen molar-refractivity contribution in [2.45, 2.75) is 103 Å². The fourth-order valence-corrected chi connectivity index (χ4v) is 2.91. The van der Waals surface area contributed by atoms with Crippen LogP contribution in [0, 0.1) is 5.41 Å². The van der Waals surface area contributed by atoms with Gasteiger partial charge >= 0.3 is 0 Å². The Kier molecular flexibility index (Phi) is 9.20. The lowest BCUT2D eigenvalue weighted by molar-refractivity contribution is -0.112. The molecule has 0 spiro atoms. The molecule has 112 valence electrons. The van der Waals surface area contributed by atoms with Crippen molar-refractivity contribution in [2.75, 3.05) is 0 Å². The molecular weight excluding hydrogens is 232 g/mol. The van der Waals surface area contributed by atoms with Crippen LogP contribution in [-0.4, -0.2) is 6.29 Å². The molecule has 1 aliphatic rings. The van der Waals surface area contributed by atoms with Gasteiger partial charge < -0.3 is 4.79 Å². The quantitative estimate of drug-likeness (QED) is 0.276. The number of carbonyl (C=O) groups is 1. The van der Waals surface area contributed by atoms with Gasteiger partial charge in [0.1, 0.15) is 6.29 Å². The van der Waals surface area contributed by atoms with Crippen LogP contribution in [0.5, 0.6) is 0 Å². The summed E-state index contributed by atoms with van der Waals surface area (Å²) in [5, 5.41) is 0. The summed E-state index contributed by atoms with van der Waals surface area (Å²) < 4.78 is 0. The monoisotopic (exact) mass is 266 g/mol. The molecule has 0 aliphatic heterocycles. The predicted molar refractivity (Wildman–Crippen MR) is 83.4 cm³/mol. The molecule has 0 amide bonds. The highest BCUT2D eigenvalue weighted by molar-refractivity contribution is 5.63. The molecule has 1 heteroatoms. The van der Waals surface area contributed by atoms with Crippen LogP contribution in [0.3, 0.4) is 0 Å². The molecule has 0 aromatic rings. The zero-order chi connectivity index (χ0) is 13.8. The van der Waals surface area contributed by atoms with Crippen molar-refractivity contribution in [1.82, 2.24) is 0 Å². The van der Waals surface area contributed by atoms with Crippen molar-refractivity contribution >= 4 is 6.29 Å². The van der Waals surface area contributed by atoms with E-state index in [4.69, 9.17) is 0 Å². The molecule has 19 heavy (non-hydrogen) atoms. The van der Waals surface area contributed by atoms with Crippen molar-refractivity contribution in [1.29, 1.82) is 0 Å². The molecule has 0 bridgehead atoms. The smallest absolute Gasteiger partial charge is 0.126 e. The van der Waals surface area contributed by atoms with Crippen molar-refractivity contribution in [3.05, 3.63) is 0 Å². The first kappa shape index (κ1) is 16.7. The minimum absolute atomic E-state index is 0.151. The molecule has 0 heterocycles. The van der Waals surface area contributed by atoms with Gasteiger partial charge in [-0.05, 0) is 19.3 Å². The SMILES string of the molecule is CCCCCCCCCCCCCCC1(C=O)CC1. The van der Waals surface area contributed by atoms with Crippen LogP contribution in [0.1, 0.15) is 103 Å². The third kappa shape index (κ3) is 8.44. The lowest BCUT2D eigenvalue weighted by Crippen LogP contribution is -2.00. The molecule has 0 aromatic heterocycles. The Balaban J connectivity index is 1.71. The maximum atomic E-state index is 10.8. The lowest BCUT2D eigenvalue weighted by Gasteiger charge is -2.06. The summed E-state index contributed by atoms with van der Waals surface area (Å²) in [5.74, 6) is 0. The zero-order valence-corrected chi connectivity index (χ0v) is 13.1. The topological polar surface area (TPSA) is 17.1 Å². The van der Waals surface area contributed by atoms with Crippen molar-refractivity contribution in [2.24, 2.45) is 5.41 Å². The van der Waals surface area contributed by atoms with E-state index in [1.807, 2.05) is 0 Å². The van der Waals surface area contributed by atoms with E-state index in [1.54, 1.807) is 0 Å².